The molecule has 0 aliphatic rings. The van der Waals surface area contributed by atoms with Crippen LogP contribution < -0.4 is 19.5 Å². The van der Waals surface area contributed by atoms with Gasteiger partial charge >= 0.3 is 0 Å². The maximum absolute atomic E-state index is 12.5. The molecular formula is C25H26N2O6. The van der Waals surface area contributed by atoms with E-state index in [1.165, 1.54) is 19.2 Å². The minimum absolute atomic E-state index is 0.153. The largest absolute Gasteiger partial charge is 0.497 e. The Labute approximate surface area is 192 Å². The number of methoxy groups -OCH3 is 2. The number of hydrogen-bond acceptors (Lipinski definition) is 6. The van der Waals surface area contributed by atoms with E-state index in [1.54, 1.807) is 7.11 Å². The van der Waals surface area contributed by atoms with Crippen molar-refractivity contribution in [3.63, 3.8) is 0 Å². The second-order valence-corrected chi connectivity index (χ2v) is 7.29. The lowest BCUT2D eigenvalue weighted by molar-refractivity contribution is -0.385. The van der Waals surface area contributed by atoms with Gasteiger partial charge in [0.15, 0.2) is 11.5 Å². The van der Waals surface area contributed by atoms with Gasteiger partial charge < -0.3 is 19.5 Å². The Bertz CT molecular complexity index is 1100. The summed E-state index contributed by atoms with van der Waals surface area (Å²) in [6.45, 7) is 0.661. The van der Waals surface area contributed by atoms with Gasteiger partial charge in [-0.2, -0.15) is 0 Å². The van der Waals surface area contributed by atoms with Crippen molar-refractivity contribution in [1.29, 1.82) is 0 Å². The molecule has 8 nitrogen and oxygen atoms in total. The van der Waals surface area contributed by atoms with Crippen molar-refractivity contribution in [3.8, 4) is 17.2 Å². The van der Waals surface area contributed by atoms with E-state index in [2.05, 4.69) is 5.32 Å². The van der Waals surface area contributed by atoms with Crippen molar-refractivity contribution in [1.82, 2.24) is 5.32 Å². The molecule has 0 aromatic heterocycles. The number of rotatable bonds is 11. The van der Waals surface area contributed by atoms with Crippen molar-refractivity contribution in [2.75, 3.05) is 20.8 Å². The molecule has 0 bridgehead atoms. The maximum atomic E-state index is 12.5. The zero-order valence-corrected chi connectivity index (χ0v) is 18.6. The van der Waals surface area contributed by atoms with Crippen molar-refractivity contribution in [2.45, 2.75) is 19.4 Å². The van der Waals surface area contributed by atoms with Crippen molar-refractivity contribution < 1.29 is 23.9 Å². The zero-order chi connectivity index (χ0) is 23.6. The molecule has 0 atom stereocenters. The van der Waals surface area contributed by atoms with Gasteiger partial charge in [-0.25, -0.2) is 0 Å². The molecule has 0 spiro atoms. The van der Waals surface area contributed by atoms with E-state index in [1.807, 2.05) is 54.6 Å². The lowest BCUT2D eigenvalue weighted by Gasteiger charge is -2.13. The highest BCUT2D eigenvalue weighted by Gasteiger charge is 2.22. The van der Waals surface area contributed by atoms with Gasteiger partial charge in [0, 0.05) is 12.1 Å². The van der Waals surface area contributed by atoms with Crippen LogP contribution in [0.5, 0.6) is 17.2 Å². The van der Waals surface area contributed by atoms with Gasteiger partial charge in [-0.15, -0.1) is 0 Å². The first-order valence-electron chi connectivity index (χ1n) is 10.4. The molecule has 33 heavy (non-hydrogen) atoms. The van der Waals surface area contributed by atoms with Gasteiger partial charge in [0.05, 0.1) is 31.6 Å². The van der Waals surface area contributed by atoms with Crippen molar-refractivity contribution in [3.05, 3.63) is 93.5 Å². The summed E-state index contributed by atoms with van der Waals surface area (Å²) in [7, 11) is 3.01. The summed E-state index contributed by atoms with van der Waals surface area (Å²) >= 11 is 0. The lowest BCUT2D eigenvalue weighted by atomic mass is 10.1. The van der Waals surface area contributed by atoms with Gasteiger partial charge in [-0.05, 0) is 35.7 Å². The quantitative estimate of drug-likeness (QED) is 0.349. The molecule has 8 heteroatoms. The summed E-state index contributed by atoms with van der Waals surface area (Å²) in [5.41, 5.74) is 2.01. The molecule has 0 radical (unpaired) electrons. The van der Waals surface area contributed by atoms with Crippen LogP contribution in [0.25, 0.3) is 0 Å². The molecule has 3 aromatic carbocycles. The van der Waals surface area contributed by atoms with Crippen LogP contribution in [0.4, 0.5) is 5.69 Å². The van der Waals surface area contributed by atoms with Crippen molar-refractivity contribution in [2.24, 2.45) is 0 Å². The molecule has 1 N–H and O–H groups in total. The SMILES string of the molecule is COc1cccc(CCNC(=O)Cc2cc(OCc3ccccc3)c(OC)cc2[N+](=O)[O-])c1. The molecule has 3 aromatic rings. The topological polar surface area (TPSA) is 99.9 Å². The fraction of sp³-hybridized carbons (Fsp3) is 0.240. The van der Waals surface area contributed by atoms with E-state index < -0.39 is 4.92 Å². The maximum Gasteiger partial charge on any atom is 0.277 e. The number of amides is 1. The lowest BCUT2D eigenvalue weighted by Crippen LogP contribution is -2.27. The second kappa shape index (κ2) is 11.5. The molecule has 1 amide bonds. The van der Waals surface area contributed by atoms with Crippen LogP contribution in [0.15, 0.2) is 66.7 Å². The van der Waals surface area contributed by atoms with E-state index >= 15 is 0 Å². The smallest absolute Gasteiger partial charge is 0.277 e. The third-order valence-corrected chi connectivity index (χ3v) is 5.02. The van der Waals surface area contributed by atoms with Crippen LogP contribution in [-0.2, 0) is 24.2 Å². The Balaban J connectivity index is 1.68. The Kier molecular flexibility index (Phi) is 8.24. The van der Waals surface area contributed by atoms with Gasteiger partial charge in [-0.3, -0.25) is 14.9 Å². The average molecular weight is 450 g/mol. The Morgan fingerprint density at radius 1 is 0.939 bits per heavy atom. The summed E-state index contributed by atoms with van der Waals surface area (Å²) in [5, 5.41) is 14.4. The molecule has 3 rings (SSSR count). The number of benzene rings is 3. The molecule has 172 valence electrons. The normalized spacial score (nSPS) is 10.4. The van der Waals surface area contributed by atoms with Gasteiger partial charge in [0.1, 0.15) is 12.4 Å². The van der Waals surface area contributed by atoms with E-state index in [9.17, 15) is 14.9 Å². The Morgan fingerprint density at radius 2 is 1.70 bits per heavy atom. The van der Waals surface area contributed by atoms with Gasteiger partial charge in [-0.1, -0.05) is 42.5 Å². The standard InChI is InChI=1S/C25H26N2O6/c1-31-21-10-6-9-18(13-21)11-12-26-25(28)15-20-14-24(23(32-2)16-22(20)27(29)30)33-17-19-7-4-3-5-8-19/h3-10,13-14,16H,11-12,15,17H2,1-2H3,(H,26,28). The van der Waals surface area contributed by atoms with E-state index in [0.717, 1.165) is 16.9 Å². The monoisotopic (exact) mass is 450 g/mol. The summed E-state index contributed by atoms with van der Waals surface area (Å²) in [6, 6.07) is 19.9. The number of nitrogens with one attached hydrogen (secondary N) is 1. The molecule has 0 fully saturated rings. The summed E-state index contributed by atoms with van der Waals surface area (Å²) in [5.74, 6) is 1.00. The first-order valence-corrected chi connectivity index (χ1v) is 10.4. The third kappa shape index (κ3) is 6.70. The van der Waals surface area contributed by atoms with E-state index in [-0.39, 0.29) is 35.9 Å². The average Bonchev–Trinajstić information content (AvgIpc) is 2.83. The minimum atomic E-state index is -0.525. The Morgan fingerprint density at radius 3 is 2.39 bits per heavy atom. The molecule has 0 aliphatic carbocycles. The highest BCUT2D eigenvalue weighted by atomic mass is 16.6. The number of carbonyl (C=O) groups is 1. The van der Waals surface area contributed by atoms with Crippen LogP contribution in [0.1, 0.15) is 16.7 Å². The zero-order valence-electron chi connectivity index (χ0n) is 18.6. The van der Waals surface area contributed by atoms with E-state index in [0.29, 0.717) is 18.7 Å². The summed E-state index contributed by atoms with van der Waals surface area (Å²) in [6.07, 6.45) is 0.458. The fourth-order valence-electron chi connectivity index (χ4n) is 3.32. The second-order valence-electron chi connectivity index (χ2n) is 7.29. The number of nitrogens with zero attached hydrogens (tertiary/aromatic N) is 1. The number of ether oxygens (including phenoxy) is 3. The van der Waals surface area contributed by atoms with Crippen LogP contribution in [0.2, 0.25) is 0 Å². The van der Waals surface area contributed by atoms with Crippen LogP contribution in [-0.4, -0.2) is 31.6 Å². The molecule has 0 saturated heterocycles. The first-order chi connectivity index (χ1) is 16.0. The fourth-order valence-corrected chi connectivity index (χ4v) is 3.32. The van der Waals surface area contributed by atoms with Crippen molar-refractivity contribution >= 4 is 11.6 Å². The Hall–Kier alpha value is -4.07. The highest BCUT2D eigenvalue weighted by Crippen LogP contribution is 2.35. The van der Waals surface area contributed by atoms with Gasteiger partial charge in [0.25, 0.3) is 5.69 Å². The number of nitro benzene ring substituents is 1. The molecule has 0 saturated carbocycles. The molecular weight excluding hydrogens is 424 g/mol. The molecule has 0 heterocycles. The number of nitro groups is 1. The first kappa shape index (κ1) is 23.6. The van der Waals surface area contributed by atoms with Gasteiger partial charge in [0.2, 0.25) is 5.91 Å². The van der Waals surface area contributed by atoms with Crippen LogP contribution in [0.3, 0.4) is 0 Å². The van der Waals surface area contributed by atoms with Crippen LogP contribution in [0, 0.1) is 10.1 Å². The summed E-state index contributed by atoms with van der Waals surface area (Å²) in [4.78, 5) is 23.6. The minimum Gasteiger partial charge on any atom is -0.497 e. The predicted octanol–water partition coefficient (Wildman–Crippen LogP) is 4.09. The molecule has 0 unspecified atom stereocenters. The number of carbonyl (C=O) groups excluding carboxylic acids is 1. The number of hydrogen-bond donors (Lipinski definition) is 1. The van der Waals surface area contributed by atoms with E-state index in [4.69, 9.17) is 14.2 Å². The third-order valence-electron chi connectivity index (χ3n) is 5.02. The molecule has 0 aliphatic heterocycles. The summed E-state index contributed by atoms with van der Waals surface area (Å²) < 4.78 is 16.3. The van der Waals surface area contributed by atoms with Crippen LogP contribution >= 0.6 is 0 Å². The predicted molar refractivity (Wildman–Crippen MR) is 124 cm³/mol. The highest BCUT2D eigenvalue weighted by molar-refractivity contribution is 5.80.